The van der Waals surface area contributed by atoms with Crippen LogP contribution in [-0.4, -0.2) is 21.9 Å². The topological polar surface area (TPSA) is 79.2 Å². The maximum absolute atomic E-state index is 13.4. The van der Waals surface area contributed by atoms with Crippen LogP contribution in [0.2, 0.25) is 0 Å². The Kier molecular flexibility index (Phi) is 3.59. The molecule has 1 atom stereocenters. The number of rotatable bonds is 3. The number of hydrogen-bond donors (Lipinski definition) is 2. The van der Waals surface area contributed by atoms with Gasteiger partial charge in [0.25, 0.3) is 0 Å². The molecule has 4 rings (SSSR count). The standard InChI is InChI=1S/C15H10F2N4O2S2/c1-24-15(21-13-11(25-15)5-8(6-18)7-19-13)20-9-3-2-4-10-12(9)23-14(16,17)22-10/h2-5,7,20H,1H3,(H,19,21). The van der Waals surface area contributed by atoms with E-state index >= 15 is 0 Å². The molecule has 0 saturated heterocycles. The number of pyridine rings is 1. The number of alkyl halides is 2. The van der Waals surface area contributed by atoms with Crippen LogP contribution in [0.3, 0.4) is 0 Å². The van der Waals surface area contributed by atoms with Crippen molar-refractivity contribution in [3.05, 3.63) is 36.0 Å². The highest BCUT2D eigenvalue weighted by molar-refractivity contribution is 8.18. The number of halogens is 2. The van der Waals surface area contributed by atoms with Gasteiger partial charge in [0.05, 0.1) is 16.1 Å². The summed E-state index contributed by atoms with van der Waals surface area (Å²) in [6, 6.07) is 8.41. The molecule has 2 N–H and O–H groups in total. The van der Waals surface area contributed by atoms with E-state index in [0.717, 1.165) is 4.90 Å². The predicted octanol–water partition coefficient (Wildman–Crippen LogP) is 3.88. The quantitative estimate of drug-likeness (QED) is 0.777. The van der Waals surface area contributed by atoms with Crippen LogP contribution >= 0.6 is 23.5 Å². The van der Waals surface area contributed by atoms with Crippen LogP contribution in [0.1, 0.15) is 5.56 Å². The number of aromatic nitrogens is 1. The van der Waals surface area contributed by atoms with E-state index in [2.05, 4.69) is 25.1 Å². The molecule has 0 bridgehead atoms. The fourth-order valence-corrected chi connectivity index (χ4v) is 4.48. The summed E-state index contributed by atoms with van der Waals surface area (Å²) in [7, 11) is 0. The normalized spacial score (nSPS) is 22.0. The van der Waals surface area contributed by atoms with Crippen LogP contribution in [0, 0.1) is 11.3 Å². The van der Waals surface area contributed by atoms with Crippen molar-refractivity contribution in [1.82, 2.24) is 4.98 Å². The van der Waals surface area contributed by atoms with Gasteiger partial charge in [0, 0.05) is 6.20 Å². The van der Waals surface area contributed by atoms with Gasteiger partial charge in [-0.15, -0.1) is 20.5 Å². The van der Waals surface area contributed by atoms with Crippen molar-refractivity contribution in [2.45, 2.75) is 15.5 Å². The van der Waals surface area contributed by atoms with Crippen LogP contribution in [0.4, 0.5) is 20.3 Å². The number of ether oxygens (including phenoxy) is 2. The number of fused-ring (bicyclic) bond motifs is 2. The second-order valence-electron chi connectivity index (χ2n) is 5.16. The molecule has 3 heterocycles. The van der Waals surface area contributed by atoms with Crippen molar-refractivity contribution in [2.24, 2.45) is 0 Å². The van der Waals surface area contributed by atoms with E-state index in [-0.39, 0.29) is 11.5 Å². The molecule has 0 fully saturated rings. The summed E-state index contributed by atoms with van der Waals surface area (Å²) in [5.41, 5.74) is 0.805. The molecular weight excluding hydrogens is 370 g/mol. The first-order valence-corrected chi connectivity index (χ1v) is 9.07. The molecule has 2 aliphatic rings. The van der Waals surface area contributed by atoms with Gasteiger partial charge in [-0.2, -0.15) is 5.26 Å². The molecule has 2 aliphatic heterocycles. The average Bonchev–Trinajstić information content (AvgIpc) is 3.10. The van der Waals surface area contributed by atoms with Crippen LogP contribution < -0.4 is 20.1 Å². The minimum Gasteiger partial charge on any atom is -0.395 e. The predicted molar refractivity (Wildman–Crippen MR) is 90.9 cm³/mol. The van der Waals surface area contributed by atoms with Crippen molar-refractivity contribution in [3.8, 4) is 17.6 Å². The van der Waals surface area contributed by atoms with Gasteiger partial charge in [-0.05, 0) is 24.5 Å². The van der Waals surface area contributed by atoms with Crippen molar-refractivity contribution < 1.29 is 18.3 Å². The summed E-state index contributed by atoms with van der Waals surface area (Å²) in [5, 5.41) is 15.4. The molecular formula is C15H10F2N4O2S2. The minimum atomic E-state index is -3.69. The van der Waals surface area contributed by atoms with E-state index in [1.54, 1.807) is 18.2 Å². The van der Waals surface area contributed by atoms with Crippen LogP contribution in [0.15, 0.2) is 35.4 Å². The van der Waals surface area contributed by atoms with E-state index in [1.807, 2.05) is 12.3 Å². The Balaban J connectivity index is 1.65. The molecule has 1 unspecified atom stereocenters. The lowest BCUT2D eigenvalue weighted by Gasteiger charge is -2.29. The van der Waals surface area contributed by atoms with E-state index < -0.39 is 10.6 Å². The summed E-state index contributed by atoms with van der Waals surface area (Å²) in [6.07, 6.45) is -0.352. The molecule has 6 nitrogen and oxygen atoms in total. The molecule has 10 heteroatoms. The summed E-state index contributed by atoms with van der Waals surface area (Å²) in [5.74, 6) is 0.530. The summed E-state index contributed by atoms with van der Waals surface area (Å²) in [6.45, 7) is 0. The molecule has 0 amide bonds. The van der Waals surface area contributed by atoms with Gasteiger partial charge in [-0.1, -0.05) is 17.8 Å². The Morgan fingerprint density at radius 1 is 1.40 bits per heavy atom. The molecule has 0 spiro atoms. The van der Waals surface area contributed by atoms with Gasteiger partial charge in [0.15, 0.2) is 11.5 Å². The van der Waals surface area contributed by atoms with Gasteiger partial charge in [-0.25, -0.2) is 4.98 Å². The molecule has 2 aromatic rings. The molecule has 0 saturated carbocycles. The average molecular weight is 380 g/mol. The molecule has 25 heavy (non-hydrogen) atoms. The highest BCUT2D eigenvalue weighted by Crippen LogP contribution is 2.53. The number of anilines is 2. The highest BCUT2D eigenvalue weighted by atomic mass is 32.2. The first-order valence-electron chi connectivity index (χ1n) is 7.03. The van der Waals surface area contributed by atoms with Crippen LogP contribution in [-0.2, 0) is 0 Å². The van der Waals surface area contributed by atoms with Crippen molar-refractivity contribution >= 4 is 35.0 Å². The number of nitrogens with one attached hydrogen (secondary N) is 2. The number of nitriles is 1. The number of thioether (sulfide) groups is 2. The lowest BCUT2D eigenvalue weighted by atomic mass is 10.2. The second-order valence-corrected chi connectivity index (χ2v) is 7.69. The highest BCUT2D eigenvalue weighted by Gasteiger charge is 2.46. The molecule has 128 valence electrons. The van der Waals surface area contributed by atoms with E-state index in [9.17, 15) is 8.78 Å². The first kappa shape index (κ1) is 16.1. The van der Waals surface area contributed by atoms with Gasteiger partial charge in [0.1, 0.15) is 11.9 Å². The van der Waals surface area contributed by atoms with E-state index in [4.69, 9.17) is 5.26 Å². The zero-order valence-corrected chi connectivity index (χ0v) is 14.3. The molecule has 1 aromatic heterocycles. The van der Waals surface area contributed by atoms with Crippen molar-refractivity contribution in [1.29, 1.82) is 5.26 Å². The van der Waals surface area contributed by atoms with E-state index in [0.29, 0.717) is 17.1 Å². The molecule has 1 aromatic carbocycles. The number of nitrogens with zero attached hydrogens (tertiary/aromatic N) is 2. The van der Waals surface area contributed by atoms with E-state index in [1.165, 1.54) is 35.8 Å². The fraction of sp³-hybridized carbons (Fsp3) is 0.200. The first-order chi connectivity index (χ1) is 11.9. The smallest absolute Gasteiger partial charge is 0.395 e. The van der Waals surface area contributed by atoms with Gasteiger partial charge in [-0.3, -0.25) is 0 Å². The lowest BCUT2D eigenvalue weighted by Crippen LogP contribution is -2.36. The van der Waals surface area contributed by atoms with Gasteiger partial charge in [0.2, 0.25) is 4.33 Å². The number of para-hydroxylation sites is 1. The Hall–Kier alpha value is -2.38. The molecule has 0 aliphatic carbocycles. The largest absolute Gasteiger partial charge is 0.586 e. The third-order valence-corrected chi connectivity index (χ3v) is 6.09. The zero-order valence-electron chi connectivity index (χ0n) is 12.7. The Morgan fingerprint density at radius 2 is 2.24 bits per heavy atom. The third kappa shape index (κ3) is 2.79. The van der Waals surface area contributed by atoms with Crippen molar-refractivity contribution in [2.75, 3.05) is 16.9 Å². The van der Waals surface area contributed by atoms with Crippen LogP contribution in [0.25, 0.3) is 0 Å². The summed E-state index contributed by atoms with van der Waals surface area (Å²) in [4.78, 5) is 5.01. The second kappa shape index (κ2) is 5.57. The zero-order chi connectivity index (χ0) is 17.7. The molecule has 0 radical (unpaired) electrons. The Morgan fingerprint density at radius 3 is 3.00 bits per heavy atom. The lowest BCUT2D eigenvalue weighted by molar-refractivity contribution is -0.286. The summed E-state index contributed by atoms with van der Waals surface area (Å²) >= 11 is 2.82. The SMILES string of the molecule is CSC1(Nc2cccc3c2OC(F)(F)O3)Nc2ncc(C#N)cc2S1. The Labute approximate surface area is 149 Å². The maximum Gasteiger partial charge on any atom is 0.586 e. The minimum absolute atomic E-state index is 0.0309. The fourth-order valence-electron chi connectivity index (χ4n) is 2.46. The number of benzene rings is 1. The summed E-state index contributed by atoms with van der Waals surface area (Å²) < 4.78 is 35.0. The third-order valence-electron chi connectivity index (χ3n) is 3.53. The Bertz CT molecular complexity index is 906. The monoisotopic (exact) mass is 380 g/mol. The van der Waals surface area contributed by atoms with Crippen LogP contribution in [0.5, 0.6) is 11.5 Å². The van der Waals surface area contributed by atoms with Crippen molar-refractivity contribution in [3.63, 3.8) is 0 Å². The van der Waals surface area contributed by atoms with Gasteiger partial charge < -0.3 is 20.1 Å². The van der Waals surface area contributed by atoms with Gasteiger partial charge >= 0.3 is 6.29 Å². The number of hydrogen-bond acceptors (Lipinski definition) is 8. The maximum atomic E-state index is 13.4.